The van der Waals surface area contributed by atoms with Crippen LogP contribution >= 0.6 is 0 Å². The number of anilines is 1. The van der Waals surface area contributed by atoms with E-state index in [9.17, 15) is 9.59 Å². The van der Waals surface area contributed by atoms with E-state index in [1.165, 1.54) is 0 Å². The zero-order chi connectivity index (χ0) is 19.7. The summed E-state index contributed by atoms with van der Waals surface area (Å²) in [4.78, 5) is 34.0. The number of aromatic amines is 1. The molecule has 4 rings (SSSR count). The van der Waals surface area contributed by atoms with Gasteiger partial charge in [0.15, 0.2) is 0 Å². The van der Waals surface area contributed by atoms with Crippen LogP contribution in [-0.4, -0.2) is 40.0 Å². The maximum absolute atomic E-state index is 12.9. The van der Waals surface area contributed by atoms with Crippen LogP contribution in [0.2, 0.25) is 0 Å². The van der Waals surface area contributed by atoms with Crippen LogP contribution < -0.4 is 5.32 Å². The van der Waals surface area contributed by atoms with Gasteiger partial charge in [-0.1, -0.05) is 0 Å². The van der Waals surface area contributed by atoms with Gasteiger partial charge in [0.05, 0.1) is 18.7 Å². The second-order valence-electron chi connectivity index (χ2n) is 6.90. The van der Waals surface area contributed by atoms with Crippen LogP contribution in [0.3, 0.4) is 0 Å². The number of hydrogen-bond donors (Lipinski definition) is 2. The first-order chi connectivity index (χ1) is 13.5. The molecule has 0 radical (unpaired) electrons. The summed E-state index contributed by atoms with van der Waals surface area (Å²) in [5.41, 5.74) is 5.21. The molecule has 3 heterocycles. The Morgan fingerprint density at radius 2 is 2.14 bits per heavy atom. The van der Waals surface area contributed by atoms with Crippen molar-refractivity contribution in [1.29, 1.82) is 0 Å². The molecule has 0 atom stereocenters. The largest absolute Gasteiger partial charge is 0.450 e. The third kappa shape index (κ3) is 3.43. The van der Waals surface area contributed by atoms with E-state index >= 15 is 0 Å². The molecule has 0 saturated heterocycles. The molecule has 2 amide bonds. The van der Waals surface area contributed by atoms with Crippen LogP contribution in [0.4, 0.5) is 10.5 Å². The van der Waals surface area contributed by atoms with Crippen molar-refractivity contribution in [2.24, 2.45) is 0 Å². The molecule has 0 bridgehead atoms. The van der Waals surface area contributed by atoms with Crippen molar-refractivity contribution in [2.45, 2.75) is 26.8 Å². The summed E-state index contributed by atoms with van der Waals surface area (Å²) in [5, 5.41) is 4.02. The highest BCUT2D eigenvalue weighted by atomic mass is 16.6. The van der Waals surface area contributed by atoms with Gasteiger partial charge in [-0.05, 0) is 55.7 Å². The number of nitrogens with one attached hydrogen (secondary N) is 2. The van der Waals surface area contributed by atoms with Crippen LogP contribution in [0.1, 0.15) is 34.1 Å². The van der Waals surface area contributed by atoms with Gasteiger partial charge in [-0.15, -0.1) is 0 Å². The average molecular weight is 378 g/mol. The van der Waals surface area contributed by atoms with E-state index in [0.29, 0.717) is 31.7 Å². The molecule has 1 aromatic carbocycles. The molecule has 144 valence electrons. The van der Waals surface area contributed by atoms with Crippen LogP contribution in [0.15, 0.2) is 36.7 Å². The van der Waals surface area contributed by atoms with Crippen molar-refractivity contribution in [2.75, 3.05) is 18.5 Å². The highest BCUT2D eigenvalue weighted by Gasteiger charge is 2.25. The monoisotopic (exact) mass is 378 g/mol. The van der Waals surface area contributed by atoms with E-state index in [1.54, 1.807) is 24.2 Å². The maximum Gasteiger partial charge on any atom is 0.410 e. The van der Waals surface area contributed by atoms with E-state index in [4.69, 9.17) is 4.74 Å². The Bertz CT molecular complexity index is 1060. The number of amides is 2. The number of H-pyrrole nitrogens is 1. The van der Waals surface area contributed by atoms with Crippen molar-refractivity contribution < 1.29 is 14.3 Å². The van der Waals surface area contributed by atoms with Crippen molar-refractivity contribution in [1.82, 2.24) is 14.9 Å². The lowest BCUT2D eigenvalue weighted by atomic mass is 9.97. The van der Waals surface area contributed by atoms with Gasteiger partial charge in [0, 0.05) is 41.2 Å². The summed E-state index contributed by atoms with van der Waals surface area (Å²) in [6, 6.07) is 7.82. The van der Waals surface area contributed by atoms with Gasteiger partial charge in [-0.3, -0.25) is 9.78 Å². The van der Waals surface area contributed by atoms with Crippen LogP contribution in [-0.2, 0) is 17.7 Å². The summed E-state index contributed by atoms with van der Waals surface area (Å²) in [6.07, 6.45) is 3.56. The molecule has 28 heavy (non-hydrogen) atoms. The molecule has 7 nitrogen and oxygen atoms in total. The fourth-order valence-electron chi connectivity index (χ4n) is 3.61. The van der Waals surface area contributed by atoms with Crippen molar-refractivity contribution in [3.63, 3.8) is 0 Å². The zero-order valence-electron chi connectivity index (χ0n) is 15.9. The molecule has 2 aromatic heterocycles. The number of aryl methyl sites for hydroxylation is 1. The normalized spacial score (nSPS) is 13.3. The Kier molecular flexibility index (Phi) is 4.73. The fraction of sp³-hybridized carbons (Fsp3) is 0.286. The van der Waals surface area contributed by atoms with Gasteiger partial charge in [0.2, 0.25) is 0 Å². The lowest BCUT2D eigenvalue weighted by Crippen LogP contribution is -2.37. The lowest BCUT2D eigenvalue weighted by Gasteiger charge is -2.28. The fourth-order valence-corrected chi connectivity index (χ4v) is 3.61. The summed E-state index contributed by atoms with van der Waals surface area (Å²) < 4.78 is 5.07. The van der Waals surface area contributed by atoms with Gasteiger partial charge < -0.3 is 19.9 Å². The maximum atomic E-state index is 12.9. The smallest absolute Gasteiger partial charge is 0.410 e. The highest BCUT2D eigenvalue weighted by Crippen LogP contribution is 2.24. The first kappa shape index (κ1) is 18.0. The number of hydrogen-bond acceptors (Lipinski definition) is 4. The molecule has 0 aliphatic carbocycles. The van der Waals surface area contributed by atoms with Crippen molar-refractivity contribution in [3.05, 3.63) is 59.0 Å². The molecule has 0 fully saturated rings. The highest BCUT2D eigenvalue weighted by molar-refractivity contribution is 6.06. The van der Waals surface area contributed by atoms with Gasteiger partial charge in [-0.25, -0.2) is 4.79 Å². The molecular formula is C21H22N4O3. The Morgan fingerprint density at radius 1 is 1.29 bits per heavy atom. The third-order valence-corrected chi connectivity index (χ3v) is 4.92. The Hall–Kier alpha value is -3.35. The van der Waals surface area contributed by atoms with Crippen LogP contribution in [0, 0.1) is 6.92 Å². The number of carbonyl (C=O) groups is 2. The minimum absolute atomic E-state index is 0.194. The number of pyridine rings is 1. The SMILES string of the molecule is CCOC(=O)N1CCc2c(cncc2C(=O)Nc2ccc3[nH]c(C)cc3c2)C1. The Morgan fingerprint density at radius 3 is 2.96 bits per heavy atom. The first-order valence-electron chi connectivity index (χ1n) is 9.33. The molecule has 2 N–H and O–H groups in total. The zero-order valence-corrected chi connectivity index (χ0v) is 15.9. The van der Waals surface area contributed by atoms with E-state index in [1.807, 2.05) is 31.2 Å². The van der Waals surface area contributed by atoms with Crippen molar-refractivity contribution in [3.8, 4) is 0 Å². The van der Waals surface area contributed by atoms with E-state index in [0.717, 1.165) is 33.4 Å². The van der Waals surface area contributed by atoms with E-state index in [2.05, 4.69) is 15.3 Å². The number of nitrogens with zero attached hydrogens (tertiary/aromatic N) is 2. The first-order valence-corrected chi connectivity index (χ1v) is 9.33. The van der Waals surface area contributed by atoms with Gasteiger partial charge in [0.1, 0.15) is 0 Å². The molecule has 0 unspecified atom stereocenters. The lowest BCUT2D eigenvalue weighted by molar-refractivity contribution is 0.101. The van der Waals surface area contributed by atoms with Crippen molar-refractivity contribution >= 4 is 28.6 Å². The summed E-state index contributed by atoms with van der Waals surface area (Å²) >= 11 is 0. The second-order valence-corrected chi connectivity index (χ2v) is 6.90. The summed E-state index contributed by atoms with van der Waals surface area (Å²) in [6.45, 7) is 5.04. The molecule has 0 saturated carbocycles. The second kappa shape index (κ2) is 7.34. The quantitative estimate of drug-likeness (QED) is 0.728. The Labute approximate surface area is 162 Å². The average Bonchev–Trinajstić information content (AvgIpc) is 3.06. The van der Waals surface area contributed by atoms with E-state index < -0.39 is 0 Å². The number of carbonyl (C=O) groups excluding carboxylic acids is 2. The minimum Gasteiger partial charge on any atom is -0.450 e. The number of benzene rings is 1. The summed E-state index contributed by atoms with van der Waals surface area (Å²) in [5.74, 6) is -0.194. The topological polar surface area (TPSA) is 87.3 Å². The van der Waals surface area contributed by atoms with Crippen LogP contribution in [0.5, 0.6) is 0 Å². The number of aromatic nitrogens is 2. The molecule has 3 aromatic rings. The van der Waals surface area contributed by atoms with Crippen LogP contribution in [0.25, 0.3) is 10.9 Å². The van der Waals surface area contributed by atoms with Gasteiger partial charge >= 0.3 is 6.09 Å². The third-order valence-electron chi connectivity index (χ3n) is 4.92. The molecule has 1 aliphatic heterocycles. The minimum atomic E-state index is -0.335. The molecule has 0 spiro atoms. The number of fused-ring (bicyclic) bond motifs is 2. The number of rotatable bonds is 3. The Balaban J connectivity index is 1.55. The molecule has 1 aliphatic rings. The van der Waals surface area contributed by atoms with Gasteiger partial charge in [-0.2, -0.15) is 0 Å². The predicted molar refractivity (Wildman–Crippen MR) is 106 cm³/mol. The predicted octanol–water partition coefficient (Wildman–Crippen LogP) is 3.64. The standard InChI is InChI=1S/C21H22N4O3/c1-3-28-21(27)25-7-6-17-15(12-25)10-22-11-18(17)20(26)24-16-4-5-19-14(9-16)8-13(2)23-19/h4-5,8-11,23H,3,6-7,12H2,1-2H3,(H,24,26). The van der Waals surface area contributed by atoms with Gasteiger partial charge in [0.25, 0.3) is 5.91 Å². The number of ether oxygens (including phenoxy) is 1. The summed E-state index contributed by atoms with van der Waals surface area (Å²) in [7, 11) is 0. The molecular weight excluding hydrogens is 356 g/mol. The molecule has 7 heteroatoms. The van der Waals surface area contributed by atoms with E-state index in [-0.39, 0.29) is 12.0 Å².